The highest BCUT2D eigenvalue weighted by Gasteiger charge is 2.42. The molecule has 0 atom stereocenters. The van der Waals surface area contributed by atoms with Crippen molar-refractivity contribution in [3.8, 4) is 0 Å². The zero-order chi connectivity index (χ0) is 16.6. The van der Waals surface area contributed by atoms with E-state index in [2.05, 4.69) is 0 Å². The first-order chi connectivity index (χ1) is 9.25. The molecule has 1 rings (SSSR count). The molecule has 0 amide bonds. The van der Waals surface area contributed by atoms with E-state index in [-0.39, 0.29) is 12.1 Å². The molecular weight excluding hydrogens is 335 g/mol. The van der Waals surface area contributed by atoms with E-state index in [0.29, 0.717) is 0 Å². The molecule has 1 aromatic rings. The summed E-state index contributed by atoms with van der Waals surface area (Å²) in [5, 5.41) is 0. The van der Waals surface area contributed by atoms with Crippen molar-refractivity contribution < 1.29 is 39.5 Å². The van der Waals surface area contributed by atoms with Gasteiger partial charge >= 0.3 is 17.9 Å². The maximum Gasteiger partial charge on any atom is 0.446 e. The molecule has 0 aliphatic heterocycles. The summed E-state index contributed by atoms with van der Waals surface area (Å²) in [5.74, 6) is 0. The van der Waals surface area contributed by atoms with Gasteiger partial charge in [-0.1, -0.05) is 6.92 Å². The summed E-state index contributed by atoms with van der Waals surface area (Å²) in [4.78, 5) is -1.50. The molecule has 0 radical (unpaired) electrons. The van der Waals surface area contributed by atoms with Crippen LogP contribution in [0.4, 0.5) is 39.5 Å². The van der Waals surface area contributed by atoms with Crippen molar-refractivity contribution in [1.82, 2.24) is 0 Å². The lowest BCUT2D eigenvalue weighted by atomic mass is 10.0. The van der Waals surface area contributed by atoms with Gasteiger partial charge in [-0.3, -0.25) is 0 Å². The minimum absolute atomic E-state index is 0.125. The Kier molecular flexibility index (Phi) is 4.81. The van der Waals surface area contributed by atoms with E-state index in [1.807, 2.05) is 0 Å². The average molecular weight is 342 g/mol. The molecule has 0 aromatic heterocycles. The lowest BCUT2D eigenvalue weighted by Crippen LogP contribution is -2.16. The van der Waals surface area contributed by atoms with Gasteiger partial charge in [-0.15, -0.1) is 0 Å². The van der Waals surface area contributed by atoms with Gasteiger partial charge in [-0.05, 0) is 35.9 Å². The summed E-state index contributed by atoms with van der Waals surface area (Å²) in [6.45, 7) is 1.13. The molecule has 0 fully saturated rings. The predicted octanol–water partition coefficient (Wildman–Crippen LogP) is 5.90. The summed E-state index contributed by atoms with van der Waals surface area (Å²) in [5.41, 5.74) is -9.18. The van der Waals surface area contributed by atoms with Crippen LogP contribution in [0, 0.1) is 0 Å². The SMILES string of the molecule is CCc1cc(C(F)(F)F)cc(SC(F)(F)F)c1C(F)(F)F. The van der Waals surface area contributed by atoms with E-state index >= 15 is 0 Å². The molecule has 21 heavy (non-hydrogen) atoms. The van der Waals surface area contributed by atoms with Crippen LogP contribution in [-0.4, -0.2) is 5.51 Å². The quantitative estimate of drug-likeness (QED) is 0.476. The Morgan fingerprint density at radius 2 is 1.38 bits per heavy atom. The Balaban J connectivity index is 3.61. The maximum atomic E-state index is 12.8. The van der Waals surface area contributed by atoms with Gasteiger partial charge in [-0.2, -0.15) is 39.5 Å². The lowest BCUT2D eigenvalue weighted by Gasteiger charge is -2.20. The van der Waals surface area contributed by atoms with Crippen LogP contribution >= 0.6 is 11.8 Å². The number of hydrogen-bond donors (Lipinski definition) is 0. The van der Waals surface area contributed by atoms with Crippen molar-refractivity contribution in [2.24, 2.45) is 0 Å². The molecule has 0 saturated carbocycles. The summed E-state index contributed by atoms with van der Waals surface area (Å²) in [6, 6.07) is 0.101. The van der Waals surface area contributed by atoms with Crippen molar-refractivity contribution in [3.63, 3.8) is 0 Å². The maximum absolute atomic E-state index is 12.8. The van der Waals surface area contributed by atoms with Gasteiger partial charge < -0.3 is 0 Å². The number of alkyl halides is 9. The molecular formula is C11H7F9S. The number of aryl methyl sites for hydroxylation is 1. The van der Waals surface area contributed by atoms with Gasteiger partial charge in [0.1, 0.15) is 0 Å². The van der Waals surface area contributed by atoms with Gasteiger partial charge in [0.05, 0.1) is 11.1 Å². The summed E-state index contributed by atoms with van der Waals surface area (Å²) in [7, 11) is 0. The lowest BCUT2D eigenvalue weighted by molar-refractivity contribution is -0.143. The minimum atomic E-state index is -5.18. The molecule has 0 aliphatic carbocycles. The van der Waals surface area contributed by atoms with Gasteiger partial charge in [0.2, 0.25) is 0 Å². The molecule has 10 heteroatoms. The van der Waals surface area contributed by atoms with Crippen LogP contribution < -0.4 is 0 Å². The molecule has 1 aromatic carbocycles. The van der Waals surface area contributed by atoms with Crippen LogP contribution in [0.25, 0.3) is 0 Å². The van der Waals surface area contributed by atoms with E-state index in [9.17, 15) is 39.5 Å². The number of rotatable bonds is 2. The Bertz CT molecular complexity index is 510. The fraction of sp³-hybridized carbons (Fsp3) is 0.455. The van der Waals surface area contributed by atoms with Gasteiger partial charge in [-0.25, -0.2) is 0 Å². The van der Waals surface area contributed by atoms with E-state index < -0.39 is 57.6 Å². The highest BCUT2D eigenvalue weighted by atomic mass is 32.2. The summed E-state index contributed by atoms with van der Waals surface area (Å²) >= 11 is -1.21. The third kappa shape index (κ3) is 4.72. The molecule has 0 spiro atoms. The van der Waals surface area contributed by atoms with Crippen LogP contribution in [0.15, 0.2) is 17.0 Å². The zero-order valence-electron chi connectivity index (χ0n) is 10.2. The Hall–Kier alpha value is -1.06. The second-order valence-electron chi connectivity index (χ2n) is 3.91. The fourth-order valence-electron chi connectivity index (χ4n) is 1.64. The Morgan fingerprint density at radius 3 is 1.71 bits per heavy atom. The normalized spacial score (nSPS) is 13.6. The molecule has 0 heterocycles. The van der Waals surface area contributed by atoms with Crippen LogP contribution in [0.2, 0.25) is 0 Å². The van der Waals surface area contributed by atoms with Crippen molar-refractivity contribution in [2.75, 3.05) is 0 Å². The summed E-state index contributed by atoms with van der Waals surface area (Å²) in [6.07, 6.45) is -10.7. The number of benzene rings is 1. The number of hydrogen-bond acceptors (Lipinski definition) is 1. The average Bonchev–Trinajstić information content (AvgIpc) is 2.22. The molecule has 0 N–H and O–H groups in total. The zero-order valence-corrected chi connectivity index (χ0v) is 11.0. The summed E-state index contributed by atoms with van der Waals surface area (Å²) < 4.78 is 113. The standard InChI is InChI=1S/C11H7F9S/c1-2-5-3-6(9(12,13)14)4-7(21-11(18,19)20)8(5)10(15,16)17/h3-4H,2H2,1H3. The highest BCUT2D eigenvalue weighted by molar-refractivity contribution is 8.00. The predicted molar refractivity (Wildman–Crippen MR) is 57.7 cm³/mol. The van der Waals surface area contributed by atoms with Crippen LogP contribution in [0.1, 0.15) is 23.6 Å². The molecule has 0 unspecified atom stereocenters. The molecule has 0 bridgehead atoms. The molecule has 0 saturated heterocycles. The Morgan fingerprint density at radius 1 is 0.857 bits per heavy atom. The monoisotopic (exact) mass is 342 g/mol. The van der Waals surface area contributed by atoms with E-state index in [1.165, 1.54) is 0 Å². The molecule has 0 nitrogen and oxygen atoms in total. The fourth-order valence-corrected chi connectivity index (χ4v) is 2.43. The topological polar surface area (TPSA) is 0 Å². The van der Waals surface area contributed by atoms with E-state index in [0.717, 1.165) is 6.92 Å². The first kappa shape index (κ1) is 18.0. The Labute approximate surface area is 117 Å². The first-order valence-electron chi connectivity index (χ1n) is 5.32. The van der Waals surface area contributed by atoms with Crippen LogP contribution in [0.5, 0.6) is 0 Å². The van der Waals surface area contributed by atoms with Crippen molar-refractivity contribution in [1.29, 1.82) is 0 Å². The van der Waals surface area contributed by atoms with Gasteiger partial charge in [0, 0.05) is 4.90 Å². The number of halogens is 9. The number of thioether (sulfide) groups is 1. The van der Waals surface area contributed by atoms with Crippen LogP contribution in [0.3, 0.4) is 0 Å². The van der Waals surface area contributed by atoms with Crippen molar-refractivity contribution in [2.45, 2.75) is 36.1 Å². The van der Waals surface area contributed by atoms with Crippen LogP contribution in [-0.2, 0) is 18.8 Å². The largest absolute Gasteiger partial charge is 0.446 e. The van der Waals surface area contributed by atoms with Gasteiger partial charge in [0.15, 0.2) is 0 Å². The first-order valence-corrected chi connectivity index (χ1v) is 6.14. The van der Waals surface area contributed by atoms with Crippen molar-refractivity contribution >= 4 is 11.8 Å². The van der Waals surface area contributed by atoms with E-state index in [1.54, 1.807) is 0 Å². The molecule has 0 aliphatic rings. The van der Waals surface area contributed by atoms with E-state index in [4.69, 9.17) is 0 Å². The highest BCUT2D eigenvalue weighted by Crippen LogP contribution is 2.47. The second-order valence-corrected chi connectivity index (χ2v) is 5.01. The second kappa shape index (κ2) is 5.62. The smallest absolute Gasteiger partial charge is 0.166 e. The third-order valence-electron chi connectivity index (χ3n) is 2.40. The van der Waals surface area contributed by atoms with Crippen molar-refractivity contribution in [3.05, 3.63) is 28.8 Å². The third-order valence-corrected chi connectivity index (χ3v) is 3.17. The van der Waals surface area contributed by atoms with Gasteiger partial charge in [0.25, 0.3) is 0 Å². The molecule has 120 valence electrons. The minimum Gasteiger partial charge on any atom is -0.166 e.